The third kappa shape index (κ3) is 8.87. The van der Waals surface area contributed by atoms with Gasteiger partial charge in [0, 0.05) is 32.5 Å². The summed E-state index contributed by atoms with van der Waals surface area (Å²) in [4.78, 5) is 8.84. The van der Waals surface area contributed by atoms with Crippen LogP contribution >= 0.6 is 0 Å². The van der Waals surface area contributed by atoms with E-state index in [9.17, 15) is 0 Å². The summed E-state index contributed by atoms with van der Waals surface area (Å²) < 4.78 is 0. The fourth-order valence-corrected chi connectivity index (χ4v) is 9.17. The van der Waals surface area contributed by atoms with Crippen LogP contribution in [0.5, 0.6) is 0 Å². The van der Waals surface area contributed by atoms with Gasteiger partial charge in [-0.1, -0.05) is 170 Å². The number of benzene rings is 10. The quantitative estimate of drug-likeness (QED) is 0.149. The zero-order valence-electron chi connectivity index (χ0n) is 36.5. The summed E-state index contributed by atoms with van der Waals surface area (Å²) in [5.41, 5.74) is 15.8. The van der Waals surface area contributed by atoms with E-state index in [2.05, 4.69) is 198 Å². The van der Waals surface area contributed by atoms with Crippen LogP contribution in [0.1, 0.15) is 0 Å². The third-order valence-electron chi connectivity index (χ3n) is 12.3. The van der Waals surface area contributed by atoms with Crippen molar-refractivity contribution in [2.45, 2.75) is 0 Å². The van der Waals surface area contributed by atoms with E-state index in [1.54, 1.807) is 6.20 Å². The van der Waals surface area contributed by atoms with Crippen LogP contribution in [0.4, 0.5) is 0 Å². The van der Waals surface area contributed by atoms with Gasteiger partial charge < -0.3 is 9.97 Å². The van der Waals surface area contributed by atoms with Crippen molar-refractivity contribution in [3.63, 3.8) is 0 Å². The van der Waals surface area contributed by atoms with Gasteiger partial charge >= 0.3 is 0 Å². The molecule has 319 valence electrons. The first-order valence-electron chi connectivity index (χ1n) is 22.3. The molecule has 0 N–H and O–H groups in total. The van der Waals surface area contributed by atoms with Gasteiger partial charge in [0.2, 0.25) is 0 Å². The van der Waals surface area contributed by atoms with Crippen molar-refractivity contribution in [1.82, 2.24) is 9.97 Å². The van der Waals surface area contributed by atoms with Crippen LogP contribution in [0.25, 0.3) is 110 Å². The fraction of sp³-hybridized carbons (Fsp3) is 0. The number of rotatable bonds is 7. The monoisotopic (exact) mass is 1030 g/mol. The van der Waals surface area contributed by atoms with E-state index in [-0.39, 0.29) is 20.1 Å². The van der Waals surface area contributed by atoms with E-state index in [0.717, 1.165) is 33.6 Å². The second-order valence-electron chi connectivity index (χ2n) is 16.3. The van der Waals surface area contributed by atoms with E-state index in [1.807, 2.05) is 72.9 Å². The molecule has 1 radical (unpaired) electrons. The Morgan fingerprint density at radius 3 is 1.45 bits per heavy atom. The molecule has 0 unspecified atom stereocenters. The molecule has 0 saturated carbocycles. The fourth-order valence-electron chi connectivity index (χ4n) is 9.17. The molecule has 0 spiro atoms. The van der Waals surface area contributed by atoms with Gasteiger partial charge in [0.1, 0.15) is 0 Å². The molecular weight excluding hydrogens is 989 g/mol. The molecule has 2 nitrogen and oxygen atoms in total. The number of fused-ring (bicyclic) bond motifs is 3. The molecule has 0 amide bonds. The van der Waals surface area contributed by atoms with E-state index in [1.165, 1.54) is 76.8 Å². The van der Waals surface area contributed by atoms with Crippen LogP contribution in [-0.2, 0) is 20.1 Å². The third-order valence-corrected chi connectivity index (χ3v) is 12.3. The predicted molar refractivity (Wildman–Crippen MR) is 277 cm³/mol. The van der Waals surface area contributed by atoms with Gasteiger partial charge in [-0.3, -0.25) is 0 Å². The minimum atomic E-state index is 0. The molecule has 0 saturated heterocycles. The SMILES string of the molecule is [Ir].[c-]1ccc(-c2cc(-c3ccccc3)cc(-c3ccc(-c4cccc5ccccc45)c4c(-c5cccc6ccccc56)cccc34)c2)cc1-c1ccccn1.[c-]1ccccc1-c1ccccn1. The van der Waals surface area contributed by atoms with Crippen LogP contribution in [0.3, 0.4) is 0 Å². The standard InChI is InChI=1S/C53H34N.C11H8N.Ir/c1-2-14-36(15-3-1)41-33-42(39-20-10-21-40(32-39)52-28-8-9-31-54-52)35-43(34-41)46-29-30-51(48-25-12-19-38-17-5-7-23-45(38)48)53-49(46)26-13-27-50(53)47-24-11-18-37-16-4-6-22-44(37)47;1-2-6-10(7-3-1)11-8-4-5-9-12-11;/h1-20,22-35H;1-6,8-9H;/q2*-1;. The van der Waals surface area contributed by atoms with Crippen LogP contribution in [0.2, 0.25) is 0 Å². The predicted octanol–water partition coefficient (Wildman–Crippen LogP) is 16.9. The van der Waals surface area contributed by atoms with Crippen LogP contribution in [0, 0.1) is 12.1 Å². The van der Waals surface area contributed by atoms with Crippen molar-refractivity contribution in [1.29, 1.82) is 0 Å². The molecule has 2 aromatic heterocycles. The van der Waals surface area contributed by atoms with Gasteiger partial charge in [-0.15, -0.1) is 71.3 Å². The summed E-state index contributed by atoms with van der Waals surface area (Å²) in [6, 6.07) is 92.6. The molecule has 67 heavy (non-hydrogen) atoms. The van der Waals surface area contributed by atoms with Crippen molar-refractivity contribution < 1.29 is 20.1 Å². The average molecular weight is 1030 g/mol. The summed E-state index contributed by atoms with van der Waals surface area (Å²) in [5.74, 6) is 0. The molecule has 0 aliphatic rings. The molecule has 10 aromatic carbocycles. The van der Waals surface area contributed by atoms with Crippen LogP contribution < -0.4 is 0 Å². The minimum absolute atomic E-state index is 0. The van der Waals surface area contributed by atoms with Crippen molar-refractivity contribution in [3.05, 3.63) is 267 Å². The Morgan fingerprint density at radius 2 is 0.791 bits per heavy atom. The van der Waals surface area contributed by atoms with E-state index >= 15 is 0 Å². The molecule has 0 fully saturated rings. The summed E-state index contributed by atoms with van der Waals surface area (Å²) in [6.07, 6.45) is 3.62. The first kappa shape index (κ1) is 42.9. The van der Waals surface area contributed by atoms with Crippen LogP contribution in [0.15, 0.2) is 255 Å². The summed E-state index contributed by atoms with van der Waals surface area (Å²) in [5, 5.41) is 7.44. The van der Waals surface area contributed by atoms with E-state index in [4.69, 9.17) is 0 Å². The number of aromatic nitrogens is 2. The molecule has 12 rings (SSSR count). The number of hydrogen-bond acceptors (Lipinski definition) is 2. The first-order valence-corrected chi connectivity index (χ1v) is 22.3. The Morgan fingerprint density at radius 1 is 0.284 bits per heavy atom. The summed E-state index contributed by atoms with van der Waals surface area (Å²) in [6.45, 7) is 0. The molecule has 0 aliphatic heterocycles. The minimum Gasteiger partial charge on any atom is -0.305 e. The molecule has 0 atom stereocenters. The Balaban J connectivity index is 0.000000351. The smallest absolute Gasteiger partial charge is 0.0160 e. The van der Waals surface area contributed by atoms with Gasteiger partial charge in [-0.05, 0) is 124 Å². The zero-order chi connectivity index (χ0) is 44.1. The van der Waals surface area contributed by atoms with Gasteiger partial charge in [-0.2, -0.15) is 0 Å². The zero-order valence-corrected chi connectivity index (χ0v) is 38.9. The summed E-state index contributed by atoms with van der Waals surface area (Å²) in [7, 11) is 0. The second-order valence-corrected chi connectivity index (χ2v) is 16.3. The van der Waals surface area contributed by atoms with E-state index in [0.29, 0.717) is 0 Å². The van der Waals surface area contributed by atoms with Crippen molar-refractivity contribution in [2.75, 3.05) is 0 Å². The van der Waals surface area contributed by atoms with Gasteiger partial charge in [0.15, 0.2) is 0 Å². The van der Waals surface area contributed by atoms with Crippen molar-refractivity contribution >= 4 is 32.3 Å². The van der Waals surface area contributed by atoms with Crippen molar-refractivity contribution in [3.8, 4) is 78.1 Å². The van der Waals surface area contributed by atoms with Crippen molar-refractivity contribution in [2.24, 2.45) is 0 Å². The molecule has 3 heteroatoms. The number of pyridine rings is 2. The largest absolute Gasteiger partial charge is 0.305 e. The van der Waals surface area contributed by atoms with Gasteiger partial charge in [0.25, 0.3) is 0 Å². The average Bonchev–Trinajstić information content (AvgIpc) is 3.41. The summed E-state index contributed by atoms with van der Waals surface area (Å²) >= 11 is 0. The molecular formula is C64H42IrN2-2. The maximum atomic E-state index is 4.62. The maximum Gasteiger partial charge on any atom is 0.0160 e. The second kappa shape index (κ2) is 19.6. The topological polar surface area (TPSA) is 25.8 Å². The van der Waals surface area contributed by atoms with Gasteiger partial charge in [0.05, 0.1) is 0 Å². The Bertz CT molecular complexity index is 3500. The Kier molecular flexibility index (Phi) is 12.5. The molecule has 0 aliphatic carbocycles. The van der Waals surface area contributed by atoms with E-state index < -0.39 is 0 Å². The Labute approximate surface area is 405 Å². The normalized spacial score (nSPS) is 10.9. The maximum absolute atomic E-state index is 4.62. The molecule has 12 aromatic rings. The van der Waals surface area contributed by atoms with Crippen LogP contribution in [-0.4, -0.2) is 9.97 Å². The molecule has 0 bridgehead atoms. The van der Waals surface area contributed by atoms with Gasteiger partial charge in [-0.25, -0.2) is 0 Å². The number of hydrogen-bond donors (Lipinski definition) is 0. The molecule has 2 heterocycles. The number of nitrogens with zero attached hydrogens (tertiary/aromatic N) is 2. The first-order chi connectivity index (χ1) is 32.7. The Hall–Kier alpha value is -8.07.